The lowest BCUT2D eigenvalue weighted by molar-refractivity contribution is -0.137. The highest BCUT2D eigenvalue weighted by Gasteiger charge is 2.05. The normalized spacial score (nSPS) is 10.6. The second-order valence-electron chi connectivity index (χ2n) is 7.09. The number of aryl methyl sites for hydroxylation is 1. The Morgan fingerprint density at radius 3 is 2.25 bits per heavy atom. The summed E-state index contributed by atoms with van der Waals surface area (Å²) in [5.74, 6) is 1.17. The molecule has 0 fully saturated rings. The van der Waals surface area contributed by atoms with E-state index in [1.807, 2.05) is 37.3 Å². The Labute approximate surface area is 189 Å². The van der Waals surface area contributed by atoms with Crippen molar-refractivity contribution in [3.63, 3.8) is 0 Å². The molecule has 0 bridgehead atoms. The van der Waals surface area contributed by atoms with Crippen molar-refractivity contribution < 1.29 is 28.5 Å². The molecule has 0 aliphatic rings. The molecule has 0 aromatic heterocycles. The number of methoxy groups -OCH3 is 1. The summed E-state index contributed by atoms with van der Waals surface area (Å²) in [5, 5.41) is 0. The third-order valence-electron chi connectivity index (χ3n) is 4.60. The number of rotatable bonds is 13. The van der Waals surface area contributed by atoms with Crippen molar-refractivity contribution in [2.75, 3.05) is 20.3 Å². The van der Waals surface area contributed by atoms with Crippen LogP contribution in [-0.2, 0) is 14.3 Å². The molecule has 0 amide bonds. The zero-order valence-electron chi connectivity index (χ0n) is 18.7. The lowest BCUT2D eigenvalue weighted by atomic mass is 10.2. The van der Waals surface area contributed by atoms with Gasteiger partial charge in [-0.05, 0) is 80.1 Å². The molecule has 170 valence electrons. The molecule has 0 saturated carbocycles. The van der Waals surface area contributed by atoms with Crippen molar-refractivity contribution in [3.05, 3.63) is 72.3 Å². The van der Waals surface area contributed by atoms with Crippen LogP contribution in [0.25, 0.3) is 6.08 Å². The van der Waals surface area contributed by atoms with Crippen molar-refractivity contribution in [2.24, 2.45) is 0 Å². The van der Waals surface area contributed by atoms with Crippen molar-refractivity contribution in [1.29, 1.82) is 0 Å². The highest BCUT2D eigenvalue weighted by Crippen LogP contribution is 2.23. The van der Waals surface area contributed by atoms with Gasteiger partial charge >= 0.3 is 11.9 Å². The summed E-state index contributed by atoms with van der Waals surface area (Å²) < 4.78 is 21.2. The monoisotopic (exact) mass is 438 g/mol. The van der Waals surface area contributed by atoms with Gasteiger partial charge in [-0.3, -0.25) is 0 Å². The van der Waals surface area contributed by atoms with E-state index in [0.717, 1.165) is 42.6 Å². The van der Waals surface area contributed by atoms with E-state index < -0.39 is 5.97 Å². The van der Waals surface area contributed by atoms with Crippen LogP contribution in [0, 0.1) is 6.92 Å². The van der Waals surface area contributed by atoms with Gasteiger partial charge in [0.15, 0.2) is 0 Å². The van der Waals surface area contributed by atoms with Crippen molar-refractivity contribution >= 4 is 18.0 Å². The zero-order valence-corrected chi connectivity index (χ0v) is 18.7. The van der Waals surface area contributed by atoms with Crippen LogP contribution in [0.1, 0.15) is 36.8 Å². The van der Waals surface area contributed by atoms with Gasteiger partial charge in [0.1, 0.15) is 17.2 Å². The fourth-order valence-electron chi connectivity index (χ4n) is 2.82. The van der Waals surface area contributed by atoms with E-state index in [4.69, 9.17) is 18.9 Å². The maximum atomic E-state index is 12.1. The average molecular weight is 439 g/mol. The third kappa shape index (κ3) is 9.08. The molecule has 0 atom stereocenters. The van der Waals surface area contributed by atoms with E-state index in [2.05, 4.69) is 6.58 Å². The molecular weight excluding hydrogens is 408 g/mol. The highest BCUT2D eigenvalue weighted by molar-refractivity contribution is 5.88. The number of benzene rings is 2. The van der Waals surface area contributed by atoms with Crippen LogP contribution < -0.4 is 14.2 Å². The predicted octanol–water partition coefficient (Wildman–Crippen LogP) is 5.29. The van der Waals surface area contributed by atoms with Gasteiger partial charge < -0.3 is 18.9 Å². The first-order valence-corrected chi connectivity index (χ1v) is 10.6. The Balaban J connectivity index is 1.67. The molecule has 0 heterocycles. The Hall–Kier alpha value is -3.54. The van der Waals surface area contributed by atoms with Crippen molar-refractivity contribution in [2.45, 2.75) is 32.6 Å². The Kier molecular flexibility index (Phi) is 10.6. The molecule has 0 radical (unpaired) electrons. The maximum absolute atomic E-state index is 12.1. The van der Waals surface area contributed by atoms with Gasteiger partial charge in [0.25, 0.3) is 0 Å². The molecule has 6 heteroatoms. The molecule has 2 rings (SSSR count). The van der Waals surface area contributed by atoms with Gasteiger partial charge in [-0.15, -0.1) is 0 Å². The summed E-state index contributed by atoms with van der Waals surface area (Å²) in [7, 11) is 1.59. The molecule has 0 N–H and O–H groups in total. The summed E-state index contributed by atoms with van der Waals surface area (Å²) in [6.45, 7) is 6.26. The number of unbranched alkanes of at least 4 members (excludes halogenated alkanes) is 3. The first-order chi connectivity index (χ1) is 15.5. The predicted molar refractivity (Wildman–Crippen MR) is 124 cm³/mol. The SMILES string of the molecule is C=CC(=O)OCCCCCCOc1ccc(/C=C/C(=O)Oc2ccc(OC)cc2C)cc1. The van der Waals surface area contributed by atoms with Crippen LogP contribution in [0.2, 0.25) is 0 Å². The van der Waals surface area contributed by atoms with Gasteiger partial charge in [0.05, 0.1) is 20.3 Å². The lowest BCUT2D eigenvalue weighted by Gasteiger charge is -2.07. The number of ether oxygens (including phenoxy) is 4. The van der Waals surface area contributed by atoms with Gasteiger partial charge in [-0.1, -0.05) is 18.7 Å². The Morgan fingerprint density at radius 1 is 0.906 bits per heavy atom. The minimum Gasteiger partial charge on any atom is -0.497 e. The Morgan fingerprint density at radius 2 is 1.59 bits per heavy atom. The van der Waals surface area contributed by atoms with Crippen LogP contribution in [0.15, 0.2) is 61.2 Å². The molecule has 2 aromatic carbocycles. The highest BCUT2D eigenvalue weighted by atomic mass is 16.5. The van der Waals surface area contributed by atoms with Crippen LogP contribution in [0.4, 0.5) is 0 Å². The summed E-state index contributed by atoms with van der Waals surface area (Å²) >= 11 is 0. The van der Waals surface area contributed by atoms with E-state index in [1.54, 1.807) is 25.3 Å². The van der Waals surface area contributed by atoms with E-state index >= 15 is 0 Å². The summed E-state index contributed by atoms with van der Waals surface area (Å²) in [5.41, 5.74) is 1.69. The number of hydrogen-bond acceptors (Lipinski definition) is 6. The second-order valence-corrected chi connectivity index (χ2v) is 7.09. The topological polar surface area (TPSA) is 71.1 Å². The van der Waals surface area contributed by atoms with Crippen molar-refractivity contribution in [3.8, 4) is 17.2 Å². The fraction of sp³-hybridized carbons (Fsp3) is 0.308. The van der Waals surface area contributed by atoms with Crippen LogP contribution in [-0.4, -0.2) is 32.3 Å². The molecule has 0 aliphatic heterocycles. The number of carbonyl (C=O) groups excluding carboxylic acids is 2. The van der Waals surface area contributed by atoms with Gasteiger partial charge in [-0.2, -0.15) is 0 Å². The van der Waals surface area contributed by atoms with Gasteiger partial charge in [0, 0.05) is 12.2 Å². The summed E-state index contributed by atoms with van der Waals surface area (Å²) in [6, 6.07) is 12.8. The zero-order chi connectivity index (χ0) is 23.2. The van der Waals surface area contributed by atoms with Gasteiger partial charge in [-0.25, -0.2) is 9.59 Å². The van der Waals surface area contributed by atoms with Crippen molar-refractivity contribution in [1.82, 2.24) is 0 Å². The molecule has 0 saturated heterocycles. The van der Waals surface area contributed by atoms with E-state index in [1.165, 1.54) is 12.2 Å². The molecule has 0 unspecified atom stereocenters. The average Bonchev–Trinajstić information content (AvgIpc) is 2.81. The molecule has 0 aliphatic carbocycles. The Bertz CT molecular complexity index is 914. The summed E-state index contributed by atoms with van der Waals surface area (Å²) in [4.78, 5) is 23.0. The standard InChI is InChI=1S/C26H30O6/c1-4-25(27)31-18-8-6-5-7-17-30-22-12-9-21(10-13-22)11-16-26(28)32-24-15-14-23(29-3)19-20(24)2/h4,9-16,19H,1,5-8,17-18H2,2-3H3/b16-11+. The van der Waals surface area contributed by atoms with Crippen LogP contribution in [0.3, 0.4) is 0 Å². The fourth-order valence-corrected chi connectivity index (χ4v) is 2.82. The van der Waals surface area contributed by atoms with Gasteiger partial charge in [0.2, 0.25) is 0 Å². The summed E-state index contributed by atoms with van der Waals surface area (Å²) in [6.07, 6.45) is 8.00. The minimum absolute atomic E-state index is 0.379. The molecule has 0 spiro atoms. The first kappa shape index (κ1) is 24.7. The smallest absolute Gasteiger partial charge is 0.336 e. The molecule has 2 aromatic rings. The second kappa shape index (κ2) is 13.7. The number of hydrogen-bond donors (Lipinski definition) is 0. The largest absolute Gasteiger partial charge is 0.497 e. The van der Waals surface area contributed by atoms with E-state index in [0.29, 0.717) is 24.7 Å². The number of esters is 2. The maximum Gasteiger partial charge on any atom is 0.336 e. The van der Waals surface area contributed by atoms with Crippen LogP contribution in [0.5, 0.6) is 17.2 Å². The molecular formula is C26H30O6. The quantitative estimate of drug-likeness (QED) is 0.183. The van der Waals surface area contributed by atoms with E-state index in [9.17, 15) is 9.59 Å². The molecule has 6 nitrogen and oxygen atoms in total. The lowest BCUT2D eigenvalue weighted by Crippen LogP contribution is -2.05. The van der Waals surface area contributed by atoms with Crippen LogP contribution >= 0.6 is 0 Å². The first-order valence-electron chi connectivity index (χ1n) is 10.6. The molecule has 32 heavy (non-hydrogen) atoms. The van der Waals surface area contributed by atoms with E-state index in [-0.39, 0.29) is 5.97 Å². The number of carbonyl (C=O) groups is 2. The minimum atomic E-state index is -0.446. The third-order valence-corrected chi connectivity index (χ3v) is 4.60.